The molecule has 1 fully saturated rings. The molecule has 2 aromatic heterocycles. The van der Waals surface area contributed by atoms with E-state index in [2.05, 4.69) is 26.8 Å². The van der Waals surface area contributed by atoms with E-state index in [0.717, 1.165) is 64.7 Å². The van der Waals surface area contributed by atoms with Gasteiger partial charge in [0, 0.05) is 23.8 Å². The predicted octanol–water partition coefficient (Wildman–Crippen LogP) is 6.79. The number of hydrogen-bond donors (Lipinski definition) is 4. The monoisotopic (exact) mass is 614 g/mol. The van der Waals surface area contributed by atoms with E-state index in [-0.39, 0.29) is 30.3 Å². The Balaban J connectivity index is 1.49. The van der Waals surface area contributed by atoms with Crippen molar-refractivity contribution in [2.45, 2.75) is 91.0 Å². The van der Waals surface area contributed by atoms with Crippen molar-refractivity contribution >= 4 is 28.8 Å². The number of carbonyl (C=O) groups excluding carboxylic acids is 1. The number of rotatable bonds is 8. The zero-order valence-corrected chi connectivity index (χ0v) is 26.7. The van der Waals surface area contributed by atoms with Gasteiger partial charge in [-0.15, -0.1) is 0 Å². The van der Waals surface area contributed by atoms with Crippen molar-refractivity contribution in [3.05, 3.63) is 82.9 Å². The number of nitrogens with zero attached hydrogens (tertiary/aromatic N) is 3. The molecule has 2 heterocycles. The minimum atomic E-state index is -0.551. The Hall–Kier alpha value is -4.44. The summed E-state index contributed by atoms with van der Waals surface area (Å²) < 4.78 is 21.4. The maximum Gasteiger partial charge on any atom is 0.407 e. The molecule has 10 heteroatoms. The Kier molecular flexibility index (Phi) is 9.43. The van der Waals surface area contributed by atoms with Gasteiger partial charge in [0.15, 0.2) is 0 Å². The molecule has 5 N–H and O–H groups in total. The molecule has 1 saturated carbocycles. The standard InChI is InChI=1S/C35H43FN6O3/c1-6-23-9-10-25(36)17-30(23)41-33(37)29-18-38-42-19-24(28-15-22(20-43)8-7-21(28)2)16-31(42)32(29)39-26-11-13-27(14-12-26)40-34(44)45-35(3,4)5/h7-10,15-19,26-27,39,43H,6,11-14,20H2,1-5H3,(H2,37,41)(H,40,44). The summed E-state index contributed by atoms with van der Waals surface area (Å²) in [6.07, 6.45) is 7.16. The quantitative estimate of drug-likeness (QED) is 0.128. The molecule has 0 saturated heterocycles. The summed E-state index contributed by atoms with van der Waals surface area (Å²) in [5, 5.41) is 21.2. The number of halogens is 1. The molecule has 45 heavy (non-hydrogen) atoms. The van der Waals surface area contributed by atoms with E-state index >= 15 is 0 Å². The molecule has 9 nitrogen and oxygen atoms in total. The van der Waals surface area contributed by atoms with E-state index in [0.29, 0.717) is 17.7 Å². The topological polar surface area (TPSA) is 126 Å². The minimum absolute atomic E-state index is 0.0311. The second kappa shape index (κ2) is 13.3. The summed E-state index contributed by atoms with van der Waals surface area (Å²) in [6, 6.07) is 12.7. The van der Waals surface area contributed by atoms with Gasteiger partial charge in [0.1, 0.15) is 17.3 Å². The molecule has 0 radical (unpaired) electrons. The summed E-state index contributed by atoms with van der Waals surface area (Å²) in [5.74, 6) is -0.145. The molecule has 0 aliphatic heterocycles. The maximum absolute atomic E-state index is 14.2. The van der Waals surface area contributed by atoms with Crippen LogP contribution in [0.5, 0.6) is 0 Å². The molecule has 1 aliphatic rings. The molecular weight excluding hydrogens is 571 g/mol. The molecule has 5 rings (SSSR count). The Bertz CT molecular complexity index is 1720. The summed E-state index contributed by atoms with van der Waals surface area (Å²) in [6.45, 7) is 9.54. The van der Waals surface area contributed by atoms with Gasteiger partial charge >= 0.3 is 6.09 Å². The van der Waals surface area contributed by atoms with E-state index < -0.39 is 11.7 Å². The zero-order valence-electron chi connectivity index (χ0n) is 26.7. The van der Waals surface area contributed by atoms with Crippen LogP contribution in [0.25, 0.3) is 16.6 Å². The molecule has 1 amide bonds. The van der Waals surface area contributed by atoms with Crippen LogP contribution in [0.3, 0.4) is 0 Å². The van der Waals surface area contributed by atoms with Crippen molar-refractivity contribution in [1.82, 2.24) is 14.9 Å². The van der Waals surface area contributed by atoms with Crippen LogP contribution in [0.15, 0.2) is 59.9 Å². The lowest BCUT2D eigenvalue weighted by Crippen LogP contribution is -2.42. The fourth-order valence-corrected chi connectivity index (χ4v) is 5.82. The Morgan fingerprint density at radius 1 is 1.13 bits per heavy atom. The molecule has 4 aromatic rings. The minimum Gasteiger partial charge on any atom is -0.444 e. The van der Waals surface area contributed by atoms with Crippen molar-refractivity contribution in [3.8, 4) is 11.1 Å². The van der Waals surface area contributed by atoms with E-state index in [4.69, 9.17) is 10.5 Å². The Labute approximate surface area is 263 Å². The molecule has 2 aromatic carbocycles. The molecule has 1 aliphatic carbocycles. The van der Waals surface area contributed by atoms with Gasteiger partial charge in [-0.1, -0.05) is 25.1 Å². The van der Waals surface area contributed by atoms with Gasteiger partial charge in [0.2, 0.25) is 0 Å². The number of amides is 1. The number of ether oxygens (including phenoxy) is 1. The van der Waals surface area contributed by atoms with E-state index in [1.807, 2.05) is 63.5 Å². The van der Waals surface area contributed by atoms with Crippen molar-refractivity contribution in [3.63, 3.8) is 0 Å². The number of nitrogens with one attached hydrogen (secondary N) is 2. The van der Waals surface area contributed by atoms with Gasteiger partial charge in [-0.05, 0) is 106 Å². The number of aryl methyl sites for hydroxylation is 2. The number of nitrogens with two attached hydrogens (primary N) is 1. The first-order chi connectivity index (χ1) is 21.4. The second-order valence-corrected chi connectivity index (χ2v) is 12.8. The zero-order chi connectivity index (χ0) is 32.3. The number of anilines is 1. The fourth-order valence-electron chi connectivity index (χ4n) is 5.82. The van der Waals surface area contributed by atoms with Crippen LogP contribution in [0.4, 0.5) is 20.6 Å². The van der Waals surface area contributed by atoms with E-state index in [1.165, 1.54) is 12.1 Å². The average Bonchev–Trinajstić information content (AvgIpc) is 3.42. The molecule has 0 spiro atoms. The predicted molar refractivity (Wildman–Crippen MR) is 176 cm³/mol. The third kappa shape index (κ3) is 7.62. The number of amidine groups is 1. The van der Waals surface area contributed by atoms with Crippen LogP contribution in [-0.4, -0.2) is 44.3 Å². The van der Waals surface area contributed by atoms with Crippen molar-refractivity contribution < 1.29 is 19.0 Å². The van der Waals surface area contributed by atoms with Gasteiger partial charge in [0.25, 0.3) is 0 Å². The molecule has 0 unspecified atom stereocenters. The van der Waals surface area contributed by atoms with Crippen molar-refractivity contribution in [2.75, 3.05) is 5.32 Å². The third-order valence-electron chi connectivity index (χ3n) is 8.17. The summed E-state index contributed by atoms with van der Waals surface area (Å²) in [5.41, 5.74) is 13.6. The highest BCUT2D eigenvalue weighted by molar-refractivity contribution is 6.06. The van der Waals surface area contributed by atoms with Crippen molar-refractivity contribution in [1.29, 1.82) is 0 Å². The highest BCUT2D eigenvalue weighted by Gasteiger charge is 2.26. The molecular formula is C35H43FN6O3. The Morgan fingerprint density at radius 2 is 1.87 bits per heavy atom. The SMILES string of the molecule is CCc1ccc(F)cc1N=C(N)c1cnn2cc(-c3cc(CO)ccc3C)cc2c1NC1CCC(NC(=O)OC(C)(C)C)CC1. The van der Waals surface area contributed by atoms with Crippen molar-refractivity contribution in [2.24, 2.45) is 10.7 Å². The number of benzene rings is 2. The van der Waals surface area contributed by atoms with Gasteiger partial charge in [0.05, 0.1) is 35.3 Å². The van der Waals surface area contributed by atoms with Crippen LogP contribution in [0.1, 0.15) is 75.6 Å². The van der Waals surface area contributed by atoms with Crippen LogP contribution in [-0.2, 0) is 17.8 Å². The Morgan fingerprint density at radius 3 is 2.56 bits per heavy atom. The van der Waals surface area contributed by atoms with Gasteiger partial charge < -0.3 is 26.2 Å². The number of aliphatic hydroxyl groups is 1. The second-order valence-electron chi connectivity index (χ2n) is 12.8. The first kappa shape index (κ1) is 32.0. The van der Waals surface area contributed by atoms with Gasteiger partial charge in [-0.3, -0.25) is 0 Å². The van der Waals surface area contributed by atoms with Crippen LogP contribution < -0.4 is 16.4 Å². The molecule has 0 bridgehead atoms. The summed E-state index contributed by atoms with van der Waals surface area (Å²) >= 11 is 0. The van der Waals surface area contributed by atoms with Crippen LogP contribution in [0, 0.1) is 12.7 Å². The number of fused-ring (bicyclic) bond motifs is 1. The number of aromatic nitrogens is 2. The van der Waals surface area contributed by atoms with E-state index in [9.17, 15) is 14.3 Å². The summed E-state index contributed by atoms with van der Waals surface area (Å²) in [7, 11) is 0. The van der Waals surface area contributed by atoms with E-state index in [1.54, 1.807) is 12.3 Å². The lowest BCUT2D eigenvalue weighted by molar-refractivity contribution is 0.0492. The van der Waals surface area contributed by atoms with Gasteiger partial charge in [-0.2, -0.15) is 5.10 Å². The lowest BCUT2D eigenvalue weighted by atomic mass is 9.91. The number of hydrogen-bond acceptors (Lipinski definition) is 6. The average molecular weight is 615 g/mol. The first-order valence-corrected chi connectivity index (χ1v) is 15.5. The fraction of sp³-hybridized carbons (Fsp3) is 0.400. The molecule has 0 atom stereocenters. The smallest absolute Gasteiger partial charge is 0.407 e. The number of aliphatic hydroxyl groups excluding tert-OH is 1. The normalized spacial score (nSPS) is 17.4. The number of alkyl carbamates (subject to hydrolysis) is 1. The van der Waals surface area contributed by atoms with Gasteiger partial charge in [-0.25, -0.2) is 18.7 Å². The largest absolute Gasteiger partial charge is 0.444 e. The highest BCUT2D eigenvalue weighted by atomic mass is 19.1. The first-order valence-electron chi connectivity index (χ1n) is 15.5. The third-order valence-corrected chi connectivity index (χ3v) is 8.17. The highest BCUT2D eigenvalue weighted by Crippen LogP contribution is 2.33. The van der Waals surface area contributed by atoms with Crippen LogP contribution in [0.2, 0.25) is 0 Å². The number of aliphatic imine (C=N–C) groups is 1. The summed E-state index contributed by atoms with van der Waals surface area (Å²) in [4.78, 5) is 17.0. The molecule has 238 valence electrons. The lowest BCUT2D eigenvalue weighted by Gasteiger charge is -2.31. The number of carbonyl (C=O) groups is 1. The maximum atomic E-state index is 14.2. The van der Waals surface area contributed by atoms with Crippen LogP contribution >= 0.6 is 0 Å².